The van der Waals surface area contributed by atoms with Crippen molar-refractivity contribution in [2.75, 3.05) is 20.6 Å². The maximum atomic E-state index is 12.8. The molecule has 0 fully saturated rings. The minimum absolute atomic E-state index is 0.0838. The van der Waals surface area contributed by atoms with Crippen LogP contribution in [-0.4, -0.2) is 48.3 Å². The normalized spacial score (nSPS) is 15.5. The molecule has 5 nitrogen and oxygen atoms in total. The van der Waals surface area contributed by atoms with Crippen LogP contribution in [-0.2, 0) is 4.79 Å². The van der Waals surface area contributed by atoms with Gasteiger partial charge in [0.15, 0.2) is 0 Å². The monoisotopic (exact) mass is 397 g/mol. The molecule has 2 aromatic carbocycles. The molecule has 2 atom stereocenters. The van der Waals surface area contributed by atoms with E-state index in [4.69, 9.17) is 11.6 Å². The molecule has 0 aliphatic carbocycles. The predicted molar refractivity (Wildman–Crippen MR) is 112 cm³/mol. The maximum Gasteiger partial charge on any atom is 0.259 e. The first-order valence-electron chi connectivity index (χ1n) is 9.13. The molecule has 0 aromatic heterocycles. The number of halogens is 1. The standard InChI is InChI=1S/C22H24ClN3O2/c1-14-16-9-5-6-10-17(16)22(28)26(14)15(2)21(27)24-13-20(25(3)4)18-11-7-8-12-19(18)23/h5-12,15,20H,1,13H2,2-4H3,(H,24,27)/t15-,20+/m1/s1. The Kier molecular flexibility index (Phi) is 5.87. The summed E-state index contributed by atoms with van der Waals surface area (Å²) >= 11 is 6.33. The zero-order valence-electron chi connectivity index (χ0n) is 16.3. The number of nitrogens with zero attached hydrogens (tertiary/aromatic N) is 2. The fraction of sp³-hybridized carbons (Fsp3) is 0.273. The fourth-order valence-corrected chi connectivity index (χ4v) is 3.75. The van der Waals surface area contributed by atoms with Gasteiger partial charge in [0.2, 0.25) is 5.91 Å². The van der Waals surface area contributed by atoms with Crippen LogP contribution in [0.25, 0.3) is 5.70 Å². The van der Waals surface area contributed by atoms with Crippen LogP contribution in [0.5, 0.6) is 0 Å². The summed E-state index contributed by atoms with van der Waals surface area (Å²) in [5.41, 5.74) is 2.85. The highest BCUT2D eigenvalue weighted by Gasteiger charge is 2.36. The number of rotatable bonds is 6. The van der Waals surface area contributed by atoms with Crippen LogP contribution in [0.3, 0.4) is 0 Å². The van der Waals surface area contributed by atoms with Crippen LogP contribution in [0.1, 0.15) is 34.5 Å². The van der Waals surface area contributed by atoms with E-state index < -0.39 is 6.04 Å². The lowest BCUT2D eigenvalue weighted by molar-refractivity contribution is -0.124. The molecule has 1 heterocycles. The molecule has 1 N–H and O–H groups in total. The summed E-state index contributed by atoms with van der Waals surface area (Å²) in [7, 11) is 3.87. The Labute approximate surface area is 170 Å². The molecule has 1 aliphatic rings. The Bertz CT molecular complexity index is 891. The van der Waals surface area contributed by atoms with E-state index in [9.17, 15) is 9.59 Å². The number of carbonyl (C=O) groups is 2. The summed E-state index contributed by atoms with van der Waals surface area (Å²) in [5, 5.41) is 3.61. The number of likely N-dealkylation sites (N-methyl/N-ethyl adjacent to an activating group) is 1. The summed E-state index contributed by atoms with van der Waals surface area (Å²) in [6.07, 6.45) is 0. The van der Waals surface area contributed by atoms with Crippen molar-refractivity contribution in [2.24, 2.45) is 0 Å². The molecule has 0 radical (unpaired) electrons. The SMILES string of the molecule is C=C1c2ccccc2C(=O)N1[C@H](C)C(=O)NC[C@@H](c1ccccc1Cl)N(C)C. The van der Waals surface area contributed by atoms with Crippen LogP contribution < -0.4 is 5.32 Å². The molecule has 0 saturated heterocycles. The Balaban J connectivity index is 1.72. The first kappa shape index (κ1) is 20.1. The number of nitrogens with one attached hydrogen (secondary N) is 1. The molecule has 2 aromatic rings. The van der Waals surface area contributed by atoms with Gasteiger partial charge in [-0.3, -0.25) is 14.5 Å². The van der Waals surface area contributed by atoms with Gasteiger partial charge in [0.1, 0.15) is 6.04 Å². The minimum Gasteiger partial charge on any atom is -0.352 e. The summed E-state index contributed by atoms with van der Waals surface area (Å²) < 4.78 is 0. The predicted octanol–water partition coefficient (Wildman–Crippen LogP) is 3.57. The van der Waals surface area contributed by atoms with E-state index in [1.165, 1.54) is 4.90 Å². The molecule has 146 valence electrons. The van der Waals surface area contributed by atoms with Crippen LogP contribution in [0, 0.1) is 0 Å². The first-order chi connectivity index (χ1) is 13.3. The van der Waals surface area contributed by atoms with Crippen molar-refractivity contribution in [3.8, 4) is 0 Å². The third-order valence-corrected chi connectivity index (χ3v) is 5.45. The van der Waals surface area contributed by atoms with E-state index in [0.29, 0.717) is 22.8 Å². The fourth-order valence-electron chi connectivity index (χ4n) is 3.49. The van der Waals surface area contributed by atoms with Gasteiger partial charge in [-0.25, -0.2) is 0 Å². The highest BCUT2D eigenvalue weighted by molar-refractivity contribution is 6.31. The van der Waals surface area contributed by atoms with Gasteiger partial charge in [0.05, 0.1) is 6.04 Å². The average Bonchev–Trinajstić information content (AvgIpc) is 2.93. The maximum absolute atomic E-state index is 12.8. The number of amides is 2. The molecule has 0 saturated carbocycles. The van der Waals surface area contributed by atoms with Gasteiger partial charge in [0, 0.05) is 28.4 Å². The smallest absolute Gasteiger partial charge is 0.259 e. The second kappa shape index (κ2) is 8.17. The van der Waals surface area contributed by atoms with Crippen molar-refractivity contribution in [1.82, 2.24) is 15.1 Å². The van der Waals surface area contributed by atoms with E-state index in [-0.39, 0.29) is 17.9 Å². The first-order valence-corrected chi connectivity index (χ1v) is 9.51. The van der Waals surface area contributed by atoms with Crippen molar-refractivity contribution >= 4 is 29.1 Å². The van der Waals surface area contributed by atoms with Gasteiger partial charge in [-0.05, 0) is 38.7 Å². The molecule has 1 aliphatic heterocycles. The zero-order chi connectivity index (χ0) is 20.4. The zero-order valence-corrected chi connectivity index (χ0v) is 17.0. The summed E-state index contributed by atoms with van der Waals surface area (Å²) in [4.78, 5) is 29.0. The highest BCUT2D eigenvalue weighted by Crippen LogP contribution is 2.33. The largest absolute Gasteiger partial charge is 0.352 e. The second-order valence-electron chi connectivity index (χ2n) is 7.09. The van der Waals surface area contributed by atoms with E-state index in [2.05, 4.69) is 11.9 Å². The molecule has 28 heavy (non-hydrogen) atoms. The van der Waals surface area contributed by atoms with Gasteiger partial charge in [0.25, 0.3) is 5.91 Å². The highest BCUT2D eigenvalue weighted by atomic mass is 35.5. The number of hydrogen-bond acceptors (Lipinski definition) is 3. The van der Waals surface area contributed by atoms with Crippen LogP contribution in [0.2, 0.25) is 5.02 Å². The minimum atomic E-state index is -0.665. The number of hydrogen-bond donors (Lipinski definition) is 1. The van der Waals surface area contributed by atoms with Crippen molar-refractivity contribution in [1.29, 1.82) is 0 Å². The summed E-state index contributed by atoms with van der Waals surface area (Å²) in [6, 6.07) is 14.1. The van der Waals surface area contributed by atoms with Crippen LogP contribution in [0.4, 0.5) is 0 Å². The molecule has 6 heteroatoms. The molecule has 3 rings (SSSR count). The molecule has 0 spiro atoms. The lowest BCUT2D eigenvalue weighted by atomic mass is 10.1. The van der Waals surface area contributed by atoms with Gasteiger partial charge in [-0.15, -0.1) is 0 Å². The quantitative estimate of drug-likeness (QED) is 0.810. The van der Waals surface area contributed by atoms with Gasteiger partial charge in [-0.2, -0.15) is 0 Å². The third kappa shape index (κ3) is 3.68. The average molecular weight is 398 g/mol. The molecule has 0 bridgehead atoms. The van der Waals surface area contributed by atoms with Gasteiger partial charge < -0.3 is 10.2 Å². The lowest BCUT2D eigenvalue weighted by Crippen LogP contribution is -2.46. The number of benzene rings is 2. The van der Waals surface area contributed by atoms with Gasteiger partial charge >= 0.3 is 0 Å². The van der Waals surface area contributed by atoms with Crippen molar-refractivity contribution in [2.45, 2.75) is 19.0 Å². The Morgan fingerprint density at radius 2 is 1.75 bits per heavy atom. The molecule has 0 unspecified atom stereocenters. The Morgan fingerprint density at radius 1 is 1.14 bits per heavy atom. The number of carbonyl (C=O) groups excluding carboxylic acids is 2. The molecule has 2 amide bonds. The molecular weight excluding hydrogens is 374 g/mol. The Morgan fingerprint density at radius 3 is 2.36 bits per heavy atom. The van der Waals surface area contributed by atoms with E-state index in [1.54, 1.807) is 13.0 Å². The van der Waals surface area contributed by atoms with Crippen molar-refractivity contribution in [3.63, 3.8) is 0 Å². The van der Waals surface area contributed by atoms with Crippen molar-refractivity contribution in [3.05, 3.63) is 76.8 Å². The summed E-state index contributed by atoms with van der Waals surface area (Å²) in [5.74, 6) is -0.431. The van der Waals surface area contributed by atoms with Gasteiger partial charge in [-0.1, -0.05) is 54.6 Å². The van der Waals surface area contributed by atoms with Crippen LogP contribution in [0.15, 0.2) is 55.1 Å². The molecular formula is C22H24ClN3O2. The Hall–Kier alpha value is -2.63. The van der Waals surface area contributed by atoms with E-state index >= 15 is 0 Å². The second-order valence-corrected chi connectivity index (χ2v) is 7.50. The third-order valence-electron chi connectivity index (χ3n) is 5.10. The van der Waals surface area contributed by atoms with E-state index in [0.717, 1.165) is 11.1 Å². The lowest BCUT2D eigenvalue weighted by Gasteiger charge is -2.28. The van der Waals surface area contributed by atoms with Crippen LogP contribution >= 0.6 is 11.6 Å². The topological polar surface area (TPSA) is 52.7 Å². The number of fused-ring (bicyclic) bond motifs is 1. The van der Waals surface area contributed by atoms with E-state index in [1.807, 2.05) is 61.5 Å². The van der Waals surface area contributed by atoms with Crippen molar-refractivity contribution < 1.29 is 9.59 Å². The summed E-state index contributed by atoms with van der Waals surface area (Å²) in [6.45, 7) is 6.10.